The zero-order valence-corrected chi connectivity index (χ0v) is 18.8. The second-order valence-corrected chi connectivity index (χ2v) is 8.48. The molecule has 0 saturated carbocycles. The van der Waals surface area contributed by atoms with E-state index in [1.165, 1.54) is 0 Å². The van der Waals surface area contributed by atoms with Crippen LogP contribution in [-0.2, 0) is 11.3 Å². The Morgan fingerprint density at radius 2 is 1.84 bits per heavy atom. The number of ether oxygens (including phenoxy) is 1. The molecule has 0 aliphatic carbocycles. The highest BCUT2D eigenvalue weighted by Gasteiger charge is 2.30. The average molecular weight is 434 g/mol. The summed E-state index contributed by atoms with van der Waals surface area (Å²) in [7, 11) is 0. The third-order valence-corrected chi connectivity index (χ3v) is 6.41. The summed E-state index contributed by atoms with van der Waals surface area (Å²) in [5.41, 5.74) is 2.65. The maximum atomic E-state index is 12.9. The number of hydrogen-bond donors (Lipinski definition) is 2. The normalized spacial score (nSPS) is 15.5. The van der Waals surface area contributed by atoms with Crippen molar-refractivity contribution in [2.75, 3.05) is 19.7 Å². The van der Waals surface area contributed by atoms with Gasteiger partial charge in [-0.25, -0.2) is 0 Å². The van der Waals surface area contributed by atoms with Crippen molar-refractivity contribution in [2.45, 2.75) is 33.2 Å². The van der Waals surface area contributed by atoms with Crippen LogP contribution in [0.2, 0.25) is 0 Å². The summed E-state index contributed by atoms with van der Waals surface area (Å²) in [6.45, 7) is 6.45. The van der Waals surface area contributed by atoms with E-state index in [-0.39, 0.29) is 23.7 Å². The van der Waals surface area contributed by atoms with Gasteiger partial charge < -0.3 is 19.9 Å². The maximum Gasteiger partial charge on any atom is 0.270 e. The highest BCUT2D eigenvalue weighted by atomic mass is 16.5. The van der Waals surface area contributed by atoms with Gasteiger partial charge in [-0.3, -0.25) is 9.59 Å². The Kier molecular flexibility index (Phi) is 6.78. The Hall–Kier alpha value is -3.28. The number of fused-ring (bicyclic) bond motifs is 1. The Morgan fingerprint density at radius 3 is 2.53 bits per heavy atom. The first kappa shape index (κ1) is 21.9. The molecule has 1 aromatic heterocycles. The number of aromatic nitrogens is 1. The number of rotatable bonds is 7. The summed E-state index contributed by atoms with van der Waals surface area (Å²) in [5.74, 6) is 1.14. The molecule has 3 aromatic rings. The van der Waals surface area contributed by atoms with Gasteiger partial charge in [-0.1, -0.05) is 37.3 Å². The van der Waals surface area contributed by atoms with Gasteiger partial charge in [0.25, 0.3) is 5.91 Å². The smallest absolute Gasteiger partial charge is 0.270 e. The van der Waals surface area contributed by atoms with Gasteiger partial charge in [-0.15, -0.1) is 0 Å². The fraction of sp³-hybridized carbons (Fsp3) is 0.385. The minimum absolute atomic E-state index is 0.0345. The topological polar surface area (TPSA) is 74.4 Å². The summed E-state index contributed by atoms with van der Waals surface area (Å²) in [4.78, 5) is 30.7. The lowest BCUT2D eigenvalue weighted by molar-refractivity contribution is -0.126. The van der Waals surface area contributed by atoms with E-state index in [0.29, 0.717) is 31.9 Å². The van der Waals surface area contributed by atoms with E-state index in [4.69, 9.17) is 4.74 Å². The summed E-state index contributed by atoms with van der Waals surface area (Å²) in [5, 5.41) is 4.10. The molecule has 1 saturated heterocycles. The monoisotopic (exact) mass is 433 g/mol. The lowest BCUT2D eigenvalue weighted by Crippen LogP contribution is -2.42. The molecular weight excluding hydrogens is 402 g/mol. The molecule has 0 bridgehead atoms. The first-order valence-electron chi connectivity index (χ1n) is 11.4. The second kappa shape index (κ2) is 9.90. The number of carbonyl (C=O) groups excluding carboxylic acids is 2. The Labute approximate surface area is 188 Å². The predicted octanol–water partition coefficient (Wildman–Crippen LogP) is 4.37. The van der Waals surface area contributed by atoms with E-state index in [0.717, 1.165) is 35.1 Å². The van der Waals surface area contributed by atoms with Crippen LogP contribution in [0.1, 0.15) is 42.7 Å². The van der Waals surface area contributed by atoms with Gasteiger partial charge in [0, 0.05) is 36.5 Å². The number of piperidine rings is 1. The van der Waals surface area contributed by atoms with Crippen molar-refractivity contribution in [1.82, 2.24) is 15.2 Å². The number of hydrogen-bond acceptors (Lipinski definition) is 3. The van der Waals surface area contributed by atoms with Crippen molar-refractivity contribution >= 4 is 22.7 Å². The molecule has 1 fully saturated rings. The van der Waals surface area contributed by atoms with Gasteiger partial charge in [-0.2, -0.15) is 0 Å². The maximum absolute atomic E-state index is 12.9. The third-order valence-electron chi connectivity index (χ3n) is 6.41. The number of para-hydroxylation sites is 1. The molecule has 168 valence electrons. The van der Waals surface area contributed by atoms with Crippen molar-refractivity contribution < 1.29 is 14.3 Å². The van der Waals surface area contributed by atoms with Crippen LogP contribution in [-0.4, -0.2) is 41.4 Å². The van der Waals surface area contributed by atoms with Crippen LogP contribution < -0.4 is 10.1 Å². The predicted molar refractivity (Wildman–Crippen MR) is 126 cm³/mol. The summed E-state index contributed by atoms with van der Waals surface area (Å²) < 4.78 is 5.46. The van der Waals surface area contributed by atoms with E-state index in [9.17, 15) is 9.59 Å². The molecule has 6 heteroatoms. The van der Waals surface area contributed by atoms with Gasteiger partial charge in [0.15, 0.2) is 0 Å². The Bertz CT molecular complexity index is 1030. The quantitative estimate of drug-likeness (QED) is 0.581. The number of amides is 2. The van der Waals surface area contributed by atoms with Crippen LogP contribution in [0.25, 0.3) is 10.9 Å². The van der Waals surface area contributed by atoms with Crippen molar-refractivity contribution in [2.24, 2.45) is 11.8 Å². The van der Waals surface area contributed by atoms with E-state index in [1.54, 1.807) is 0 Å². The number of nitrogens with zero attached hydrogens (tertiary/aromatic N) is 1. The first-order chi connectivity index (χ1) is 15.5. The van der Waals surface area contributed by atoms with Crippen molar-refractivity contribution in [3.63, 3.8) is 0 Å². The number of H-pyrrole nitrogens is 1. The fourth-order valence-electron chi connectivity index (χ4n) is 4.40. The highest BCUT2D eigenvalue weighted by molar-refractivity contribution is 5.98. The average Bonchev–Trinajstić information content (AvgIpc) is 3.27. The molecule has 32 heavy (non-hydrogen) atoms. The molecule has 0 spiro atoms. The van der Waals surface area contributed by atoms with E-state index in [1.807, 2.05) is 73.3 Å². The SMILES string of the molecule is CCOc1ccc(CNC(=O)[C@H](C)C2CCN(C(=O)c3cc4ccccc4[nH]3)CC2)cc1. The molecule has 0 unspecified atom stereocenters. The largest absolute Gasteiger partial charge is 0.494 e. The fourth-order valence-corrected chi connectivity index (χ4v) is 4.40. The Balaban J connectivity index is 1.26. The van der Waals surface area contributed by atoms with Gasteiger partial charge >= 0.3 is 0 Å². The lowest BCUT2D eigenvalue weighted by Gasteiger charge is -2.34. The molecular formula is C26H31N3O3. The summed E-state index contributed by atoms with van der Waals surface area (Å²) in [6.07, 6.45) is 1.67. The number of nitrogens with one attached hydrogen (secondary N) is 2. The van der Waals surface area contributed by atoms with Crippen LogP contribution in [0, 0.1) is 11.8 Å². The summed E-state index contributed by atoms with van der Waals surface area (Å²) in [6, 6.07) is 17.6. The van der Waals surface area contributed by atoms with Crippen LogP contribution in [0.3, 0.4) is 0 Å². The minimum atomic E-state index is -0.0805. The molecule has 1 atom stereocenters. The zero-order chi connectivity index (χ0) is 22.5. The second-order valence-electron chi connectivity index (χ2n) is 8.48. The number of likely N-dealkylation sites (tertiary alicyclic amines) is 1. The van der Waals surface area contributed by atoms with Gasteiger partial charge in [0.05, 0.1) is 6.61 Å². The van der Waals surface area contributed by atoms with Crippen molar-refractivity contribution in [3.8, 4) is 5.75 Å². The van der Waals surface area contributed by atoms with Crippen molar-refractivity contribution in [3.05, 3.63) is 65.9 Å². The highest BCUT2D eigenvalue weighted by Crippen LogP contribution is 2.27. The number of aromatic amines is 1. The molecule has 2 N–H and O–H groups in total. The third kappa shape index (κ3) is 4.96. The molecule has 0 radical (unpaired) electrons. The molecule has 4 rings (SSSR count). The van der Waals surface area contributed by atoms with Gasteiger partial charge in [0.2, 0.25) is 5.91 Å². The van der Waals surface area contributed by atoms with Gasteiger partial charge in [-0.05, 0) is 55.5 Å². The summed E-state index contributed by atoms with van der Waals surface area (Å²) >= 11 is 0. The molecule has 6 nitrogen and oxygen atoms in total. The van der Waals surface area contributed by atoms with E-state index >= 15 is 0 Å². The van der Waals surface area contributed by atoms with Gasteiger partial charge in [0.1, 0.15) is 11.4 Å². The minimum Gasteiger partial charge on any atom is -0.494 e. The van der Waals surface area contributed by atoms with Crippen LogP contribution in [0.15, 0.2) is 54.6 Å². The zero-order valence-electron chi connectivity index (χ0n) is 18.8. The van der Waals surface area contributed by atoms with E-state index < -0.39 is 0 Å². The van der Waals surface area contributed by atoms with Crippen LogP contribution >= 0.6 is 0 Å². The first-order valence-corrected chi connectivity index (χ1v) is 11.4. The molecule has 1 aliphatic heterocycles. The number of carbonyl (C=O) groups is 2. The molecule has 2 heterocycles. The lowest BCUT2D eigenvalue weighted by atomic mass is 9.84. The van der Waals surface area contributed by atoms with Crippen LogP contribution in [0.4, 0.5) is 0 Å². The van der Waals surface area contributed by atoms with Crippen LogP contribution in [0.5, 0.6) is 5.75 Å². The number of benzene rings is 2. The standard InChI is InChI=1S/C26H31N3O3/c1-3-32-22-10-8-19(9-11-22)17-27-25(30)18(2)20-12-14-29(15-13-20)26(31)24-16-21-6-4-5-7-23(21)28-24/h4-11,16,18,20,28H,3,12-15,17H2,1-2H3,(H,27,30)/t18-/m1/s1. The van der Waals surface area contributed by atoms with E-state index in [2.05, 4.69) is 10.3 Å². The van der Waals surface area contributed by atoms with Crippen molar-refractivity contribution in [1.29, 1.82) is 0 Å². The Morgan fingerprint density at radius 1 is 1.12 bits per heavy atom. The molecule has 1 aliphatic rings. The molecule has 2 aromatic carbocycles. The molecule has 2 amide bonds.